The molecule has 0 bridgehead atoms. The van der Waals surface area contributed by atoms with E-state index in [-0.39, 0.29) is 11.5 Å². The second-order valence-electron chi connectivity index (χ2n) is 6.60. The van der Waals surface area contributed by atoms with E-state index in [1.54, 1.807) is 12.1 Å². The minimum Gasteiger partial charge on any atom is -0.379 e. The van der Waals surface area contributed by atoms with Gasteiger partial charge in [-0.2, -0.15) is 17.9 Å². The maximum absolute atomic E-state index is 13.4. The first kappa shape index (κ1) is 19.5. The molecule has 1 saturated heterocycles. The Kier molecular flexibility index (Phi) is 5.29. The van der Waals surface area contributed by atoms with Gasteiger partial charge in [0.25, 0.3) is 0 Å². The smallest absolute Gasteiger partial charge is 0.379 e. The lowest BCUT2D eigenvalue weighted by Crippen LogP contribution is -2.40. The molecule has 0 spiro atoms. The molecule has 1 aromatic heterocycles. The van der Waals surface area contributed by atoms with Crippen LogP contribution in [0.5, 0.6) is 0 Å². The van der Waals surface area contributed by atoms with Crippen LogP contribution < -0.4 is 0 Å². The van der Waals surface area contributed by atoms with Crippen LogP contribution in [0.4, 0.5) is 17.6 Å². The molecule has 0 aliphatic carbocycles. The van der Waals surface area contributed by atoms with Gasteiger partial charge in [-0.15, -0.1) is 5.10 Å². The predicted molar refractivity (Wildman–Crippen MR) is 94.8 cm³/mol. The molecule has 10 heteroatoms. The predicted octanol–water partition coefficient (Wildman–Crippen LogP) is 3.24. The highest BCUT2D eigenvalue weighted by Crippen LogP contribution is 2.32. The van der Waals surface area contributed by atoms with E-state index in [4.69, 9.17) is 4.74 Å². The van der Waals surface area contributed by atoms with Crippen molar-refractivity contribution in [1.29, 1.82) is 0 Å². The third-order valence-electron chi connectivity index (χ3n) is 4.75. The lowest BCUT2D eigenvalue weighted by atomic mass is 10.0. The van der Waals surface area contributed by atoms with Gasteiger partial charge in [0.2, 0.25) is 0 Å². The highest BCUT2D eigenvalue weighted by molar-refractivity contribution is 5.38. The van der Waals surface area contributed by atoms with E-state index < -0.39 is 17.8 Å². The molecule has 0 amide bonds. The standard InChI is InChI=1S/C19H17F4N5O/c20-15-6-4-13(5-7-15)17(27-8-10-29-11-9-27)18-24-25-26-28(18)16-3-1-2-14(12-16)19(21,22)23/h1-7,12,17H,8-11H2/t17-/m1/s1. The van der Waals surface area contributed by atoms with Crippen molar-refractivity contribution >= 4 is 0 Å². The number of benzene rings is 2. The van der Waals surface area contributed by atoms with Crippen molar-refractivity contribution in [2.45, 2.75) is 12.2 Å². The van der Waals surface area contributed by atoms with Crippen LogP contribution in [-0.2, 0) is 10.9 Å². The summed E-state index contributed by atoms with van der Waals surface area (Å²) in [5.74, 6) is -0.0372. The summed E-state index contributed by atoms with van der Waals surface area (Å²) in [6, 6.07) is 10.3. The lowest BCUT2D eigenvalue weighted by Gasteiger charge is -2.33. The van der Waals surface area contributed by atoms with Crippen LogP contribution in [0, 0.1) is 5.82 Å². The Bertz CT molecular complexity index is 967. The molecule has 3 aromatic rings. The molecule has 0 N–H and O–H groups in total. The maximum Gasteiger partial charge on any atom is 0.416 e. The first-order valence-electron chi connectivity index (χ1n) is 8.96. The Morgan fingerprint density at radius 1 is 1.00 bits per heavy atom. The van der Waals surface area contributed by atoms with E-state index in [9.17, 15) is 17.6 Å². The largest absolute Gasteiger partial charge is 0.416 e. The van der Waals surface area contributed by atoms with Crippen LogP contribution in [0.3, 0.4) is 0 Å². The fourth-order valence-electron chi connectivity index (χ4n) is 3.37. The SMILES string of the molecule is Fc1ccc([C@H](c2nnnn2-c2cccc(C(F)(F)F)c2)N2CCOCC2)cc1. The van der Waals surface area contributed by atoms with Crippen molar-refractivity contribution in [2.75, 3.05) is 26.3 Å². The van der Waals surface area contributed by atoms with E-state index >= 15 is 0 Å². The van der Waals surface area contributed by atoms with E-state index in [1.807, 2.05) is 0 Å². The van der Waals surface area contributed by atoms with Gasteiger partial charge < -0.3 is 4.74 Å². The highest BCUT2D eigenvalue weighted by Gasteiger charge is 2.32. The monoisotopic (exact) mass is 407 g/mol. The summed E-state index contributed by atoms with van der Waals surface area (Å²) in [5, 5.41) is 11.7. The van der Waals surface area contributed by atoms with Crippen molar-refractivity contribution in [3.8, 4) is 5.69 Å². The second-order valence-corrected chi connectivity index (χ2v) is 6.60. The average Bonchev–Trinajstić information content (AvgIpc) is 3.19. The van der Waals surface area contributed by atoms with Gasteiger partial charge in [-0.25, -0.2) is 4.39 Å². The van der Waals surface area contributed by atoms with E-state index in [0.29, 0.717) is 32.1 Å². The molecular formula is C19H17F4N5O. The number of ether oxygens (including phenoxy) is 1. The van der Waals surface area contributed by atoms with Crippen LogP contribution >= 0.6 is 0 Å². The number of alkyl halides is 3. The molecule has 1 aliphatic heterocycles. The summed E-state index contributed by atoms with van der Waals surface area (Å²) in [5.41, 5.74) is 0.137. The molecule has 29 heavy (non-hydrogen) atoms. The van der Waals surface area contributed by atoms with Gasteiger partial charge >= 0.3 is 6.18 Å². The Morgan fingerprint density at radius 3 is 2.41 bits per heavy atom. The van der Waals surface area contributed by atoms with Gasteiger partial charge in [0.1, 0.15) is 5.82 Å². The number of nitrogens with zero attached hydrogens (tertiary/aromatic N) is 5. The number of rotatable bonds is 4. The molecule has 6 nitrogen and oxygen atoms in total. The summed E-state index contributed by atoms with van der Waals surface area (Å²) in [6.45, 7) is 2.17. The maximum atomic E-state index is 13.4. The van der Waals surface area contributed by atoms with Crippen molar-refractivity contribution < 1.29 is 22.3 Å². The van der Waals surface area contributed by atoms with Crippen LogP contribution in [-0.4, -0.2) is 51.4 Å². The summed E-state index contributed by atoms with van der Waals surface area (Å²) in [7, 11) is 0. The highest BCUT2D eigenvalue weighted by atomic mass is 19.4. The third-order valence-corrected chi connectivity index (χ3v) is 4.75. The molecule has 1 aliphatic rings. The Hall–Kier alpha value is -2.85. The summed E-state index contributed by atoms with van der Waals surface area (Å²) in [4.78, 5) is 2.06. The first-order chi connectivity index (χ1) is 13.9. The number of morpholine rings is 1. The number of hydrogen-bond donors (Lipinski definition) is 0. The van der Waals surface area contributed by atoms with Gasteiger partial charge in [-0.3, -0.25) is 4.90 Å². The van der Waals surface area contributed by atoms with Gasteiger partial charge in [-0.05, 0) is 46.3 Å². The quantitative estimate of drug-likeness (QED) is 0.622. The second kappa shape index (κ2) is 7.88. The first-order valence-corrected chi connectivity index (χ1v) is 8.96. The van der Waals surface area contributed by atoms with E-state index in [0.717, 1.165) is 17.7 Å². The minimum atomic E-state index is -4.48. The molecule has 1 fully saturated rings. The van der Waals surface area contributed by atoms with Crippen LogP contribution in [0.2, 0.25) is 0 Å². The zero-order valence-electron chi connectivity index (χ0n) is 15.2. The zero-order valence-corrected chi connectivity index (χ0v) is 15.2. The number of aromatic nitrogens is 4. The molecule has 0 radical (unpaired) electrons. The van der Waals surface area contributed by atoms with Gasteiger partial charge in [0.05, 0.1) is 30.5 Å². The fraction of sp³-hybridized carbons (Fsp3) is 0.316. The van der Waals surface area contributed by atoms with Crippen molar-refractivity contribution in [3.05, 3.63) is 71.3 Å². The summed E-state index contributed by atoms with van der Waals surface area (Å²) in [6.07, 6.45) is -4.48. The molecule has 2 aromatic carbocycles. The Labute approximate surface area is 163 Å². The van der Waals surface area contributed by atoms with Gasteiger partial charge in [-0.1, -0.05) is 18.2 Å². The third kappa shape index (κ3) is 4.13. The van der Waals surface area contributed by atoms with Crippen LogP contribution in [0.15, 0.2) is 48.5 Å². The topological polar surface area (TPSA) is 56.1 Å². The summed E-state index contributed by atoms with van der Waals surface area (Å²) < 4.78 is 59.6. The molecular weight excluding hydrogens is 390 g/mol. The molecule has 1 atom stereocenters. The minimum absolute atomic E-state index is 0.195. The number of tetrazole rings is 1. The number of halogens is 4. The van der Waals surface area contributed by atoms with Crippen LogP contribution in [0.1, 0.15) is 23.0 Å². The van der Waals surface area contributed by atoms with Crippen molar-refractivity contribution in [3.63, 3.8) is 0 Å². The molecule has 0 unspecified atom stereocenters. The normalized spacial score (nSPS) is 16.7. The van der Waals surface area contributed by atoms with Crippen molar-refractivity contribution in [1.82, 2.24) is 25.1 Å². The molecule has 2 heterocycles. The van der Waals surface area contributed by atoms with E-state index in [1.165, 1.54) is 28.9 Å². The molecule has 4 rings (SSSR count). The van der Waals surface area contributed by atoms with Gasteiger partial charge in [0, 0.05) is 13.1 Å². The molecule has 152 valence electrons. The fourth-order valence-corrected chi connectivity index (χ4v) is 3.37. The molecule has 0 saturated carbocycles. The lowest BCUT2D eigenvalue weighted by molar-refractivity contribution is -0.137. The van der Waals surface area contributed by atoms with Gasteiger partial charge in [0.15, 0.2) is 5.82 Å². The zero-order chi connectivity index (χ0) is 20.4. The Morgan fingerprint density at radius 2 is 1.72 bits per heavy atom. The average molecular weight is 407 g/mol. The summed E-state index contributed by atoms with van der Waals surface area (Å²) >= 11 is 0. The number of hydrogen-bond acceptors (Lipinski definition) is 5. The van der Waals surface area contributed by atoms with E-state index in [2.05, 4.69) is 20.4 Å². The van der Waals surface area contributed by atoms with Crippen molar-refractivity contribution in [2.24, 2.45) is 0 Å². The van der Waals surface area contributed by atoms with Crippen LogP contribution in [0.25, 0.3) is 5.69 Å². The Balaban J connectivity index is 1.79.